The first-order valence-corrected chi connectivity index (χ1v) is 12.3. The predicted molar refractivity (Wildman–Crippen MR) is 136 cm³/mol. The van der Waals surface area contributed by atoms with Gasteiger partial charge in [-0.05, 0) is 42.0 Å². The Morgan fingerprint density at radius 1 is 0.943 bits per heavy atom. The van der Waals surface area contributed by atoms with E-state index in [2.05, 4.69) is 26.6 Å². The molecule has 182 valence electrons. The van der Waals surface area contributed by atoms with E-state index in [1.54, 1.807) is 18.2 Å². The number of nitro benzene ring substituents is 1. The lowest BCUT2D eigenvalue weighted by Crippen LogP contribution is -2.52. The zero-order valence-electron chi connectivity index (χ0n) is 19.0. The number of amides is 1. The molecule has 3 heterocycles. The molecule has 0 bridgehead atoms. The summed E-state index contributed by atoms with van der Waals surface area (Å²) in [5.41, 5.74) is 3.14. The largest absolute Gasteiger partial charge is 0.368 e. The van der Waals surface area contributed by atoms with E-state index in [4.69, 9.17) is 23.2 Å². The Kier molecular flexibility index (Phi) is 6.69. The average molecular weight is 514 g/mol. The molecule has 1 fully saturated rings. The number of halogens is 2. The van der Waals surface area contributed by atoms with Crippen molar-refractivity contribution in [1.29, 1.82) is 0 Å². The Hall–Kier alpha value is -3.07. The Morgan fingerprint density at radius 2 is 1.69 bits per heavy atom. The smallest absolute Gasteiger partial charge is 0.269 e. The third kappa shape index (κ3) is 4.87. The highest BCUT2D eigenvalue weighted by Gasteiger charge is 2.32. The third-order valence-corrected chi connectivity index (χ3v) is 7.53. The molecule has 0 spiro atoms. The van der Waals surface area contributed by atoms with Crippen LogP contribution in [0.1, 0.15) is 17.3 Å². The number of aromatic nitrogens is 1. The summed E-state index contributed by atoms with van der Waals surface area (Å²) in [6, 6.07) is 16.3. The summed E-state index contributed by atoms with van der Waals surface area (Å²) in [6.07, 6.45) is 2.07. The first-order chi connectivity index (χ1) is 16.9. The second kappa shape index (κ2) is 9.89. The molecule has 0 radical (unpaired) electrons. The second-order valence-corrected chi connectivity index (χ2v) is 9.63. The Labute approximate surface area is 213 Å². The molecular formula is C25H25Cl2N5O3. The van der Waals surface area contributed by atoms with E-state index in [9.17, 15) is 14.9 Å². The van der Waals surface area contributed by atoms with Crippen molar-refractivity contribution < 1.29 is 9.72 Å². The highest BCUT2D eigenvalue weighted by atomic mass is 35.5. The number of hydrogen-bond acceptors (Lipinski definition) is 5. The van der Waals surface area contributed by atoms with Crippen LogP contribution in [0.2, 0.25) is 10.0 Å². The maximum atomic E-state index is 13.3. The Bertz CT molecular complexity index is 1240. The van der Waals surface area contributed by atoms with Crippen molar-refractivity contribution in [2.75, 3.05) is 44.2 Å². The van der Waals surface area contributed by atoms with Crippen LogP contribution in [0.4, 0.5) is 11.4 Å². The molecule has 0 N–H and O–H groups in total. The van der Waals surface area contributed by atoms with Crippen molar-refractivity contribution in [1.82, 2.24) is 14.4 Å². The molecule has 2 aromatic carbocycles. The number of nitrogens with zero attached hydrogens (tertiary/aromatic N) is 5. The molecule has 1 atom stereocenters. The van der Waals surface area contributed by atoms with Gasteiger partial charge in [0.25, 0.3) is 5.69 Å². The summed E-state index contributed by atoms with van der Waals surface area (Å²) in [6.45, 7) is 4.47. The Morgan fingerprint density at radius 3 is 2.37 bits per heavy atom. The van der Waals surface area contributed by atoms with Crippen molar-refractivity contribution in [3.8, 4) is 0 Å². The van der Waals surface area contributed by atoms with Crippen molar-refractivity contribution in [3.05, 3.63) is 92.2 Å². The van der Waals surface area contributed by atoms with E-state index >= 15 is 0 Å². The van der Waals surface area contributed by atoms with E-state index in [0.717, 1.165) is 30.0 Å². The number of piperazine rings is 1. The van der Waals surface area contributed by atoms with Crippen molar-refractivity contribution >= 4 is 40.5 Å². The van der Waals surface area contributed by atoms with Crippen LogP contribution in [0.25, 0.3) is 0 Å². The fraction of sp³-hybridized carbons (Fsp3) is 0.320. The quantitative estimate of drug-likeness (QED) is 0.372. The van der Waals surface area contributed by atoms with Gasteiger partial charge in [-0.1, -0.05) is 29.3 Å². The van der Waals surface area contributed by atoms with E-state index in [0.29, 0.717) is 42.8 Å². The van der Waals surface area contributed by atoms with Gasteiger partial charge in [-0.15, -0.1) is 0 Å². The zero-order chi connectivity index (χ0) is 24.5. The van der Waals surface area contributed by atoms with Gasteiger partial charge in [0.15, 0.2) is 0 Å². The van der Waals surface area contributed by atoms with E-state index in [-0.39, 0.29) is 17.6 Å². The minimum absolute atomic E-state index is 0.0757. The lowest BCUT2D eigenvalue weighted by Gasteiger charge is -2.40. The fourth-order valence-electron chi connectivity index (χ4n) is 4.94. The number of rotatable bonds is 5. The molecule has 3 aromatic rings. The van der Waals surface area contributed by atoms with Gasteiger partial charge in [0, 0.05) is 69.0 Å². The van der Waals surface area contributed by atoms with Gasteiger partial charge in [0.1, 0.15) is 0 Å². The van der Waals surface area contributed by atoms with Crippen LogP contribution in [-0.4, -0.2) is 64.5 Å². The molecule has 2 aliphatic rings. The molecule has 35 heavy (non-hydrogen) atoms. The summed E-state index contributed by atoms with van der Waals surface area (Å²) in [5.74, 6) is 0.0958. The topological polar surface area (TPSA) is 74.9 Å². The van der Waals surface area contributed by atoms with E-state index < -0.39 is 4.92 Å². The number of carbonyl (C=O) groups is 1. The molecule has 5 rings (SSSR count). The molecule has 10 heteroatoms. The van der Waals surface area contributed by atoms with Crippen molar-refractivity contribution in [3.63, 3.8) is 0 Å². The monoisotopic (exact) mass is 513 g/mol. The van der Waals surface area contributed by atoms with Crippen molar-refractivity contribution in [2.24, 2.45) is 0 Å². The zero-order valence-corrected chi connectivity index (χ0v) is 20.5. The average Bonchev–Trinajstić information content (AvgIpc) is 3.35. The lowest BCUT2D eigenvalue weighted by atomic mass is 10.00. The standard InChI is InChI=1S/C25H25Cl2N5O3/c26-21-8-3-18(16-22(21)27)25-23-2-1-9-29(23)12-15-31(25)17-24(33)30-13-10-28(11-14-30)19-4-6-20(7-5-19)32(34)35/h1-9,16,25H,10-15,17H2. The molecule has 0 saturated carbocycles. The minimum atomic E-state index is -0.400. The van der Waals surface area contributed by atoms with Gasteiger partial charge in [0.05, 0.1) is 27.6 Å². The van der Waals surface area contributed by atoms with Gasteiger partial charge in [-0.25, -0.2) is 0 Å². The third-order valence-electron chi connectivity index (χ3n) is 6.79. The van der Waals surface area contributed by atoms with E-state index in [1.165, 1.54) is 12.1 Å². The molecular weight excluding hydrogens is 489 g/mol. The first-order valence-electron chi connectivity index (χ1n) is 11.5. The number of benzene rings is 2. The maximum Gasteiger partial charge on any atom is 0.269 e. The highest BCUT2D eigenvalue weighted by Crippen LogP contribution is 2.35. The van der Waals surface area contributed by atoms with Crippen LogP contribution in [0.15, 0.2) is 60.8 Å². The van der Waals surface area contributed by atoms with Gasteiger partial charge < -0.3 is 14.4 Å². The summed E-state index contributed by atoms with van der Waals surface area (Å²) in [7, 11) is 0. The van der Waals surface area contributed by atoms with Crippen LogP contribution >= 0.6 is 23.2 Å². The Balaban J connectivity index is 1.26. The predicted octanol–water partition coefficient (Wildman–Crippen LogP) is 4.46. The van der Waals surface area contributed by atoms with Gasteiger partial charge >= 0.3 is 0 Å². The second-order valence-electron chi connectivity index (χ2n) is 8.81. The summed E-state index contributed by atoms with van der Waals surface area (Å²) >= 11 is 12.5. The summed E-state index contributed by atoms with van der Waals surface area (Å²) in [5, 5.41) is 11.9. The van der Waals surface area contributed by atoms with Gasteiger partial charge in [-0.3, -0.25) is 19.8 Å². The van der Waals surface area contributed by atoms with Gasteiger partial charge in [0.2, 0.25) is 5.91 Å². The molecule has 8 nitrogen and oxygen atoms in total. The molecule has 1 aromatic heterocycles. The van der Waals surface area contributed by atoms with Crippen molar-refractivity contribution in [2.45, 2.75) is 12.6 Å². The number of nitro groups is 1. The van der Waals surface area contributed by atoms with Crippen LogP contribution in [-0.2, 0) is 11.3 Å². The number of anilines is 1. The first kappa shape index (κ1) is 23.7. The van der Waals surface area contributed by atoms with E-state index in [1.807, 2.05) is 23.1 Å². The number of non-ortho nitro benzene ring substituents is 1. The molecule has 2 aliphatic heterocycles. The van der Waals surface area contributed by atoms with Crippen LogP contribution in [0.5, 0.6) is 0 Å². The maximum absolute atomic E-state index is 13.3. The fourth-order valence-corrected chi connectivity index (χ4v) is 5.25. The molecule has 1 amide bonds. The number of fused-ring (bicyclic) bond motifs is 1. The summed E-state index contributed by atoms with van der Waals surface area (Å²) < 4.78 is 2.22. The molecule has 0 aliphatic carbocycles. The lowest BCUT2D eigenvalue weighted by molar-refractivity contribution is -0.384. The summed E-state index contributed by atoms with van der Waals surface area (Å²) in [4.78, 5) is 30.1. The van der Waals surface area contributed by atoms with Crippen LogP contribution < -0.4 is 4.90 Å². The van der Waals surface area contributed by atoms with Crippen LogP contribution in [0, 0.1) is 10.1 Å². The van der Waals surface area contributed by atoms with Gasteiger partial charge in [-0.2, -0.15) is 0 Å². The number of hydrogen-bond donors (Lipinski definition) is 0. The van der Waals surface area contributed by atoms with Crippen LogP contribution in [0.3, 0.4) is 0 Å². The molecule has 1 unspecified atom stereocenters. The normalized spacial score (nSPS) is 18.4. The number of carbonyl (C=O) groups excluding carboxylic acids is 1. The molecule has 1 saturated heterocycles. The highest BCUT2D eigenvalue weighted by molar-refractivity contribution is 6.42. The SMILES string of the molecule is O=C(CN1CCn2cccc2C1c1ccc(Cl)c(Cl)c1)N1CCN(c2ccc([N+](=O)[O-])cc2)CC1. The minimum Gasteiger partial charge on any atom is -0.368 e.